The summed E-state index contributed by atoms with van der Waals surface area (Å²) < 4.78 is 27.4. The summed E-state index contributed by atoms with van der Waals surface area (Å²) in [4.78, 5) is 0. The van der Waals surface area contributed by atoms with E-state index in [1.54, 1.807) is 18.2 Å². The highest BCUT2D eigenvalue weighted by Gasteiger charge is 2.24. The second-order valence-electron chi connectivity index (χ2n) is 5.72. The van der Waals surface area contributed by atoms with Gasteiger partial charge in [0.2, 0.25) is 10.0 Å². The van der Waals surface area contributed by atoms with E-state index in [1.165, 1.54) is 0 Å². The molecule has 0 amide bonds. The SMILES string of the molecule is O=S(=O)(Cc1ccccc1)NC1CCc2cccc(O)c2C1. The number of benzene rings is 2. The van der Waals surface area contributed by atoms with E-state index in [0.717, 1.165) is 29.5 Å². The van der Waals surface area contributed by atoms with Crippen LogP contribution in [0.5, 0.6) is 5.75 Å². The van der Waals surface area contributed by atoms with Crippen molar-refractivity contribution in [2.75, 3.05) is 0 Å². The predicted octanol–water partition coefficient (Wildman–Crippen LogP) is 2.37. The first kappa shape index (κ1) is 15.1. The monoisotopic (exact) mass is 317 g/mol. The zero-order valence-electron chi connectivity index (χ0n) is 12.2. The Morgan fingerprint density at radius 1 is 1.09 bits per heavy atom. The van der Waals surface area contributed by atoms with Crippen LogP contribution in [0, 0.1) is 0 Å². The van der Waals surface area contributed by atoms with Gasteiger partial charge in [0, 0.05) is 6.04 Å². The molecule has 22 heavy (non-hydrogen) atoms. The molecule has 0 saturated heterocycles. The summed E-state index contributed by atoms with van der Waals surface area (Å²) in [6, 6.07) is 14.5. The second kappa shape index (κ2) is 6.10. The van der Waals surface area contributed by atoms with Crippen LogP contribution in [-0.2, 0) is 28.6 Å². The average molecular weight is 317 g/mol. The molecule has 0 aliphatic heterocycles. The molecule has 0 radical (unpaired) electrons. The Kier molecular flexibility index (Phi) is 4.18. The van der Waals surface area contributed by atoms with E-state index < -0.39 is 10.0 Å². The first-order valence-electron chi connectivity index (χ1n) is 7.37. The summed E-state index contributed by atoms with van der Waals surface area (Å²) in [5.41, 5.74) is 2.74. The Morgan fingerprint density at radius 3 is 2.64 bits per heavy atom. The molecule has 116 valence electrons. The Labute approximate surface area is 130 Å². The summed E-state index contributed by atoms with van der Waals surface area (Å²) in [5.74, 6) is 0.238. The van der Waals surface area contributed by atoms with Crippen LogP contribution in [0.3, 0.4) is 0 Å². The topological polar surface area (TPSA) is 66.4 Å². The minimum absolute atomic E-state index is 0.0159. The maximum absolute atomic E-state index is 12.3. The lowest BCUT2D eigenvalue weighted by atomic mass is 9.88. The first-order chi connectivity index (χ1) is 10.5. The van der Waals surface area contributed by atoms with E-state index in [0.29, 0.717) is 6.42 Å². The molecule has 0 heterocycles. The highest BCUT2D eigenvalue weighted by Crippen LogP contribution is 2.29. The van der Waals surface area contributed by atoms with Crippen molar-refractivity contribution in [2.45, 2.75) is 31.1 Å². The number of hydrogen-bond acceptors (Lipinski definition) is 3. The lowest BCUT2D eigenvalue weighted by Crippen LogP contribution is -2.39. The Balaban J connectivity index is 1.70. The number of fused-ring (bicyclic) bond motifs is 1. The number of nitrogens with one attached hydrogen (secondary N) is 1. The summed E-state index contributed by atoms with van der Waals surface area (Å²) in [5, 5.41) is 9.93. The van der Waals surface area contributed by atoms with Gasteiger partial charge in [0.25, 0.3) is 0 Å². The molecular weight excluding hydrogens is 298 g/mol. The number of aryl methyl sites for hydroxylation is 1. The van der Waals surface area contributed by atoms with E-state index in [2.05, 4.69) is 4.72 Å². The minimum Gasteiger partial charge on any atom is -0.508 e. The Morgan fingerprint density at radius 2 is 1.86 bits per heavy atom. The fourth-order valence-electron chi connectivity index (χ4n) is 2.96. The highest BCUT2D eigenvalue weighted by atomic mass is 32.2. The molecule has 2 aromatic rings. The van der Waals surface area contributed by atoms with Gasteiger partial charge >= 0.3 is 0 Å². The van der Waals surface area contributed by atoms with Crippen molar-refractivity contribution in [3.05, 3.63) is 65.2 Å². The van der Waals surface area contributed by atoms with Crippen molar-refractivity contribution in [2.24, 2.45) is 0 Å². The van der Waals surface area contributed by atoms with Crippen LogP contribution < -0.4 is 4.72 Å². The fourth-order valence-corrected chi connectivity index (χ4v) is 4.38. The average Bonchev–Trinajstić information content (AvgIpc) is 2.48. The standard InChI is InChI=1S/C17H19NO3S/c19-17-8-4-7-14-9-10-15(11-16(14)17)18-22(20,21)12-13-5-2-1-3-6-13/h1-8,15,18-19H,9-12H2. The van der Waals surface area contributed by atoms with Crippen LogP contribution in [0.4, 0.5) is 0 Å². The maximum Gasteiger partial charge on any atom is 0.216 e. The van der Waals surface area contributed by atoms with Crippen LogP contribution in [0.15, 0.2) is 48.5 Å². The number of phenols is 1. The fraction of sp³-hybridized carbons (Fsp3) is 0.294. The van der Waals surface area contributed by atoms with E-state index in [4.69, 9.17) is 0 Å². The number of aromatic hydroxyl groups is 1. The largest absolute Gasteiger partial charge is 0.508 e. The number of phenolic OH excluding ortho intramolecular Hbond substituents is 1. The lowest BCUT2D eigenvalue weighted by molar-refractivity contribution is 0.447. The quantitative estimate of drug-likeness (QED) is 0.910. The molecule has 4 nitrogen and oxygen atoms in total. The van der Waals surface area contributed by atoms with Crippen molar-refractivity contribution in [3.8, 4) is 5.75 Å². The zero-order valence-corrected chi connectivity index (χ0v) is 13.0. The lowest BCUT2D eigenvalue weighted by Gasteiger charge is -2.26. The van der Waals surface area contributed by atoms with Crippen molar-refractivity contribution in [1.82, 2.24) is 4.72 Å². The van der Waals surface area contributed by atoms with E-state index in [9.17, 15) is 13.5 Å². The van der Waals surface area contributed by atoms with Gasteiger partial charge in [0.1, 0.15) is 5.75 Å². The maximum atomic E-state index is 12.3. The van der Waals surface area contributed by atoms with Gasteiger partial charge in [0.05, 0.1) is 5.75 Å². The van der Waals surface area contributed by atoms with Gasteiger partial charge in [-0.1, -0.05) is 42.5 Å². The van der Waals surface area contributed by atoms with Gasteiger partial charge in [-0.15, -0.1) is 0 Å². The molecule has 3 rings (SSSR count). The van der Waals surface area contributed by atoms with Gasteiger partial charge in [-0.3, -0.25) is 0 Å². The normalized spacial score (nSPS) is 17.9. The van der Waals surface area contributed by atoms with Gasteiger partial charge < -0.3 is 5.11 Å². The molecule has 1 aliphatic carbocycles. The molecule has 0 aromatic heterocycles. The second-order valence-corrected chi connectivity index (χ2v) is 7.47. The van der Waals surface area contributed by atoms with Gasteiger partial charge in [0.15, 0.2) is 0 Å². The van der Waals surface area contributed by atoms with Crippen LogP contribution in [0.2, 0.25) is 0 Å². The summed E-state index contributed by atoms with van der Waals surface area (Å²) in [6.07, 6.45) is 2.07. The summed E-state index contributed by atoms with van der Waals surface area (Å²) >= 11 is 0. The van der Waals surface area contributed by atoms with Crippen LogP contribution in [0.1, 0.15) is 23.1 Å². The molecule has 5 heteroatoms. The first-order valence-corrected chi connectivity index (χ1v) is 9.02. The molecule has 0 fully saturated rings. The van der Waals surface area contributed by atoms with E-state index >= 15 is 0 Å². The van der Waals surface area contributed by atoms with Gasteiger partial charge in [-0.05, 0) is 42.0 Å². The minimum atomic E-state index is -3.38. The third-order valence-electron chi connectivity index (χ3n) is 4.01. The number of sulfonamides is 1. The van der Waals surface area contributed by atoms with Gasteiger partial charge in [-0.2, -0.15) is 0 Å². The molecule has 2 N–H and O–H groups in total. The van der Waals surface area contributed by atoms with Crippen LogP contribution in [-0.4, -0.2) is 19.6 Å². The Bertz CT molecular complexity index is 757. The molecule has 2 aromatic carbocycles. The van der Waals surface area contributed by atoms with Crippen molar-refractivity contribution in [3.63, 3.8) is 0 Å². The van der Waals surface area contributed by atoms with Gasteiger partial charge in [-0.25, -0.2) is 13.1 Å². The van der Waals surface area contributed by atoms with Crippen LogP contribution in [0.25, 0.3) is 0 Å². The predicted molar refractivity (Wildman–Crippen MR) is 86.1 cm³/mol. The molecule has 0 spiro atoms. The van der Waals surface area contributed by atoms with Crippen molar-refractivity contribution < 1.29 is 13.5 Å². The smallest absolute Gasteiger partial charge is 0.216 e. The molecule has 1 atom stereocenters. The van der Waals surface area contributed by atoms with Crippen molar-refractivity contribution in [1.29, 1.82) is 0 Å². The Hall–Kier alpha value is -1.85. The summed E-state index contributed by atoms with van der Waals surface area (Å²) in [6.45, 7) is 0. The molecule has 0 bridgehead atoms. The molecular formula is C17H19NO3S. The van der Waals surface area contributed by atoms with Crippen LogP contribution >= 0.6 is 0 Å². The molecule has 1 unspecified atom stereocenters. The number of rotatable bonds is 4. The van der Waals surface area contributed by atoms with Crippen molar-refractivity contribution >= 4 is 10.0 Å². The third-order valence-corrected chi connectivity index (χ3v) is 5.41. The molecule has 1 aliphatic rings. The van der Waals surface area contributed by atoms with E-state index in [1.807, 2.05) is 30.3 Å². The zero-order chi connectivity index (χ0) is 15.6. The van der Waals surface area contributed by atoms with E-state index in [-0.39, 0.29) is 17.5 Å². The molecule has 0 saturated carbocycles. The number of hydrogen-bond donors (Lipinski definition) is 2. The highest BCUT2D eigenvalue weighted by molar-refractivity contribution is 7.88. The summed E-state index contributed by atoms with van der Waals surface area (Å²) in [7, 11) is -3.38. The third kappa shape index (κ3) is 3.48.